The molecule has 0 heterocycles. The van der Waals surface area contributed by atoms with Gasteiger partial charge in [0.05, 0.1) is 12.0 Å². The molecule has 0 bridgehead atoms. The molecular weight excluding hydrogens is 451 g/mol. The van der Waals surface area contributed by atoms with Crippen molar-refractivity contribution < 1.29 is 27.9 Å². The maximum absolute atomic E-state index is 12.7. The fourth-order valence-corrected chi connectivity index (χ4v) is 3.01. The molecule has 144 valence electrons. The number of halogens is 5. The van der Waals surface area contributed by atoms with E-state index in [9.17, 15) is 27.9 Å². The van der Waals surface area contributed by atoms with E-state index in [2.05, 4.69) is 21.2 Å². The molecule has 1 atom stereocenters. The van der Waals surface area contributed by atoms with Gasteiger partial charge in [-0.2, -0.15) is 13.2 Å². The van der Waals surface area contributed by atoms with Gasteiger partial charge >= 0.3 is 12.1 Å². The van der Waals surface area contributed by atoms with Gasteiger partial charge in [-0.25, -0.2) is 4.79 Å². The molecule has 2 aromatic rings. The van der Waals surface area contributed by atoms with Crippen molar-refractivity contribution >= 4 is 39.4 Å². The van der Waals surface area contributed by atoms with Crippen molar-refractivity contribution in [2.45, 2.75) is 25.1 Å². The van der Waals surface area contributed by atoms with E-state index in [0.29, 0.717) is 15.1 Å². The molecule has 9 heteroatoms. The predicted molar refractivity (Wildman–Crippen MR) is 97.6 cm³/mol. The van der Waals surface area contributed by atoms with Gasteiger partial charge in [0, 0.05) is 15.9 Å². The highest BCUT2D eigenvalue weighted by Gasteiger charge is 2.30. The van der Waals surface area contributed by atoms with Gasteiger partial charge in [0.1, 0.15) is 6.04 Å². The summed E-state index contributed by atoms with van der Waals surface area (Å²) >= 11 is 9.18. The number of carbonyl (C=O) groups is 2. The predicted octanol–water partition coefficient (Wildman–Crippen LogP) is 4.48. The number of amides is 1. The molecule has 0 aliphatic rings. The Balaban J connectivity index is 2.09. The molecule has 27 heavy (non-hydrogen) atoms. The van der Waals surface area contributed by atoms with Crippen LogP contribution < -0.4 is 5.32 Å². The molecule has 4 nitrogen and oxygen atoms in total. The summed E-state index contributed by atoms with van der Waals surface area (Å²) in [4.78, 5) is 23.6. The number of hydrogen-bond donors (Lipinski definition) is 2. The molecular formula is C18H14BrClF3NO3. The molecule has 0 radical (unpaired) electrons. The molecule has 2 N–H and O–H groups in total. The molecule has 0 aromatic heterocycles. The minimum Gasteiger partial charge on any atom is -0.480 e. The molecule has 0 fully saturated rings. The maximum Gasteiger partial charge on any atom is 0.416 e. The van der Waals surface area contributed by atoms with Gasteiger partial charge in [-0.3, -0.25) is 4.79 Å². The molecule has 2 rings (SSSR count). The molecule has 1 amide bonds. The second-order valence-corrected chi connectivity index (χ2v) is 7.06. The van der Waals surface area contributed by atoms with Crippen LogP contribution in [0, 0.1) is 0 Å². The van der Waals surface area contributed by atoms with Gasteiger partial charge in [-0.1, -0.05) is 45.7 Å². The van der Waals surface area contributed by atoms with Crippen LogP contribution in [0.4, 0.5) is 13.2 Å². The summed E-state index contributed by atoms with van der Waals surface area (Å²) in [7, 11) is 0. The van der Waals surface area contributed by atoms with Crippen LogP contribution in [0.25, 0.3) is 0 Å². The summed E-state index contributed by atoms with van der Waals surface area (Å²) in [6, 6.07) is 7.93. The number of carbonyl (C=O) groups excluding carboxylic acids is 1. The minimum atomic E-state index is -4.52. The van der Waals surface area contributed by atoms with Crippen LogP contribution in [0.1, 0.15) is 16.7 Å². The second kappa shape index (κ2) is 8.75. The summed E-state index contributed by atoms with van der Waals surface area (Å²) < 4.78 is 38.9. The van der Waals surface area contributed by atoms with Crippen LogP contribution in [-0.2, 0) is 28.6 Å². The topological polar surface area (TPSA) is 66.4 Å². The number of alkyl halides is 3. The number of hydrogen-bond acceptors (Lipinski definition) is 2. The highest BCUT2D eigenvalue weighted by molar-refractivity contribution is 9.10. The highest BCUT2D eigenvalue weighted by Crippen LogP contribution is 2.29. The monoisotopic (exact) mass is 463 g/mol. The van der Waals surface area contributed by atoms with Gasteiger partial charge in [0.2, 0.25) is 5.91 Å². The molecule has 0 aliphatic heterocycles. The minimum absolute atomic E-state index is 0.0369. The lowest BCUT2D eigenvalue weighted by Gasteiger charge is -2.16. The van der Waals surface area contributed by atoms with E-state index < -0.39 is 29.7 Å². The van der Waals surface area contributed by atoms with Crippen molar-refractivity contribution in [3.05, 3.63) is 68.7 Å². The number of rotatable bonds is 6. The summed E-state index contributed by atoms with van der Waals surface area (Å²) in [5.41, 5.74) is -0.157. The average molecular weight is 465 g/mol. The van der Waals surface area contributed by atoms with Crippen molar-refractivity contribution in [1.82, 2.24) is 5.32 Å². The zero-order valence-corrected chi connectivity index (χ0v) is 16.0. The van der Waals surface area contributed by atoms with E-state index in [1.54, 1.807) is 18.2 Å². The smallest absolute Gasteiger partial charge is 0.416 e. The Labute approximate surface area is 166 Å². The van der Waals surface area contributed by atoms with Crippen LogP contribution in [0.15, 0.2) is 46.9 Å². The van der Waals surface area contributed by atoms with E-state index in [-0.39, 0.29) is 18.4 Å². The largest absolute Gasteiger partial charge is 0.480 e. The first-order valence-corrected chi connectivity index (χ1v) is 8.85. The van der Waals surface area contributed by atoms with Crippen LogP contribution in [-0.4, -0.2) is 23.0 Å². The van der Waals surface area contributed by atoms with E-state index in [1.807, 2.05) is 0 Å². The third-order valence-electron chi connectivity index (χ3n) is 3.68. The quantitative estimate of drug-likeness (QED) is 0.663. The summed E-state index contributed by atoms with van der Waals surface area (Å²) in [6.07, 6.45) is -4.93. The Kier molecular flexibility index (Phi) is 6.89. The van der Waals surface area contributed by atoms with Crippen LogP contribution >= 0.6 is 27.5 Å². The molecule has 0 spiro atoms. The van der Waals surface area contributed by atoms with Gasteiger partial charge in [-0.05, 0) is 35.4 Å². The first kappa shape index (κ1) is 21.2. The first-order valence-electron chi connectivity index (χ1n) is 7.68. The lowest BCUT2D eigenvalue weighted by molar-refractivity contribution is -0.141. The number of benzene rings is 2. The SMILES string of the molecule is O=C(Cc1cccc(C(F)(F)F)c1)N[C@H](Cc1cc(Cl)ccc1Br)C(=O)O. The van der Waals surface area contributed by atoms with Crippen molar-refractivity contribution in [3.63, 3.8) is 0 Å². The third-order valence-corrected chi connectivity index (χ3v) is 4.69. The van der Waals surface area contributed by atoms with Crippen molar-refractivity contribution in [1.29, 1.82) is 0 Å². The molecule has 0 saturated carbocycles. The first-order chi connectivity index (χ1) is 12.6. The van der Waals surface area contributed by atoms with Crippen LogP contribution in [0.5, 0.6) is 0 Å². The summed E-state index contributed by atoms with van der Waals surface area (Å²) in [5, 5.41) is 12.1. The number of carboxylic acid groups (broad SMARTS) is 1. The number of carboxylic acids is 1. The molecule has 0 aliphatic carbocycles. The van der Waals surface area contributed by atoms with Gasteiger partial charge in [-0.15, -0.1) is 0 Å². The zero-order valence-electron chi connectivity index (χ0n) is 13.7. The van der Waals surface area contributed by atoms with E-state index in [1.165, 1.54) is 12.1 Å². The van der Waals surface area contributed by atoms with Crippen LogP contribution in [0.3, 0.4) is 0 Å². The Hall–Kier alpha value is -2.06. The lowest BCUT2D eigenvalue weighted by atomic mass is 10.0. The normalized spacial score (nSPS) is 12.5. The average Bonchev–Trinajstić information content (AvgIpc) is 2.56. The molecule has 0 unspecified atom stereocenters. The Morgan fingerprint density at radius 1 is 1.19 bits per heavy atom. The van der Waals surface area contributed by atoms with Crippen molar-refractivity contribution in [2.24, 2.45) is 0 Å². The Morgan fingerprint density at radius 3 is 2.52 bits per heavy atom. The summed E-state index contributed by atoms with van der Waals surface area (Å²) in [5.74, 6) is -1.96. The van der Waals surface area contributed by atoms with Gasteiger partial charge < -0.3 is 10.4 Å². The molecule has 2 aromatic carbocycles. The fraction of sp³-hybridized carbons (Fsp3) is 0.222. The zero-order chi connectivity index (χ0) is 20.2. The highest BCUT2D eigenvalue weighted by atomic mass is 79.9. The van der Waals surface area contributed by atoms with Crippen LogP contribution in [0.2, 0.25) is 5.02 Å². The Bertz CT molecular complexity index is 858. The standard InChI is InChI=1S/C18H14BrClF3NO3/c19-14-5-4-13(20)8-11(14)9-15(17(26)27)24-16(25)7-10-2-1-3-12(6-10)18(21,22)23/h1-6,8,15H,7,9H2,(H,24,25)(H,26,27)/t15-/m1/s1. The maximum atomic E-state index is 12.7. The Morgan fingerprint density at radius 2 is 1.89 bits per heavy atom. The number of nitrogens with one attached hydrogen (secondary N) is 1. The van der Waals surface area contributed by atoms with E-state index in [0.717, 1.165) is 12.1 Å². The second-order valence-electron chi connectivity index (χ2n) is 5.77. The number of aliphatic carboxylic acids is 1. The van der Waals surface area contributed by atoms with Gasteiger partial charge in [0.25, 0.3) is 0 Å². The van der Waals surface area contributed by atoms with Crippen molar-refractivity contribution in [2.75, 3.05) is 0 Å². The van der Waals surface area contributed by atoms with Gasteiger partial charge in [0.15, 0.2) is 0 Å². The fourth-order valence-electron chi connectivity index (χ4n) is 2.41. The van der Waals surface area contributed by atoms with Crippen molar-refractivity contribution in [3.8, 4) is 0 Å². The lowest BCUT2D eigenvalue weighted by Crippen LogP contribution is -2.43. The molecule has 0 saturated heterocycles. The summed E-state index contributed by atoms with van der Waals surface area (Å²) in [6.45, 7) is 0. The third kappa shape index (κ3) is 6.25. The van der Waals surface area contributed by atoms with E-state index in [4.69, 9.17) is 11.6 Å². The van der Waals surface area contributed by atoms with E-state index >= 15 is 0 Å².